The van der Waals surface area contributed by atoms with Gasteiger partial charge in [-0.15, -0.1) is 0 Å². The summed E-state index contributed by atoms with van der Waals surface area (Å²) in [5, 5.41) is 3.08. The molecule has 6 nitrogen and oxygen atoms in total. The van der Waals surface area contributed by atoms with E-state index in [0.29, 0.717) is 5.69 Å². The molecule has 30 heavy (non-hydrogen) atoms. The van der Waals surface area contributed by atoms with Crippen LogP contribution >= 0.6 is 0 Å². The molecule has 6 heteroatoms. The monoisotopic (exact) mass is 401 g/mol. The van der Waals surface area contributed by atoms with Crippen LogP contribution in [0.2, 0.25) is 0 Å². The average molecular weight is 401 g/mol. The Bertz CT molecular complexity index is 1130. The fourth-order valence-electron chi connectivity index (χ4n) is 6.49. The predicted octanol–water partition coefficient (Wildman–Crippen LogP) is 2.73. The molecule has 0 aromatic heterocycles. The number of hydrogen-bond donors (Lipinski definition) is 1. The molecule has 3 amide bonds. The van der Waals surface area contributed by atoms with Crippen LogP contribution in [-0.4, -0.2) is 35.2 Å². The highest BCUT2D eigenvalue weighted by molar-refractivity contribution is 6.25. The van der Waals surface area contributed by atoms with Crippen molar-refractivity contribution in [1.29, 1.82) is 0 Å². The molecule has 0 saturated carbocycles. The van der Waals surface area contributed by atoms with Gasteiger partial charge in [0.05, 0.1) is 17.5 Å². The Morgan fingerprint density at radius 1 is 1.03 bits per heavy atom. The first kappa shape index (κ1) is 17.8. The van der Waals surface area contributed by atoms with Gasteiger partial charge in [-0.1, -0.05) is 35.9 Å². The van der Waals surface area contributed by atoms with Crippen molar-refractivity contribution in [3.05, 3.63) is 59.2 Å². The number of para-hydroxylation sites is 1. The summed E-state index contributed by atoms with van der Waals surface area (Å²) in [5.41, 5.74) is 3.19. The van der Waals surface area contributed by atoms with Crippen LogP contribution in [0.25, 0.3) is 0 Å². The Morgan fingerprint density at radius 3 is 2.57 bits per heavy atom. The highest BCUT2D eigenvalue weighted by Crippen LogP contribution is 2.61. The van der Waals surface area contributed by atoms with E-state index in [4.69, 9.17) is 0 Å². The van der Waals surface area contributed by atoms with E-state index in [0.717, 1.165) is 41.8 Å². The Balaban J connectivity index is 1.59. The maximum Gasteiger partial charge on any atom is 0.250 e. The van der Waals surface area contributed by atoms with Crippen molar-refractivity contribution < 1.29 is 14.4 Å². The number of anilines is 2. The minimum atomic E-state index is -1.10. The van der Waals surface area contributed by atoms with Gasteiger partial charge in [0, 0.05) is 17.3 Å². The van der Waals surface area contributed by atoms with E-state index in [9.17, 15) is 14.4 Å². The summed E-state index contributed by atoms with van der Waals surface area (Å²) < 4.78 is 0. The first-order valence-corrected chi connectivity index (χ1v) is 10.6. The topological polar surface area (TPSA) is 69.7 Å². The lowest BCUT2D eigenvalue weighted by atomic mass is 9.75. The van der Waals surface area contributed by atoms with Crippen LogP contribution in [0.5, 0.6) is 0 Å². The predicted molar refractivity (Wildman–Crippen MR) is 112 cm³/mol. The lowest BCUT2D eigenvalue weighted by Crippen LogP contribution is -2.54. The van der Waals surface area contributed by atoms with E-state index in [-0.39, 0.29) is 23.8 Å². The van der Waals surface area contributed by atoms with E-state index < -0.39 is 17.4 Å². The maximum atomic E-state index is 13.8. The summed E-state index contributed by atoms with van der Waals surface area (Å²) in [6, 6.07) is 13.1. The number of benzene rings is 2. The second-order valence-corrected chi connectivity index (χ2v) is 8.98. The van der Waals surface area contributed by atoms with E-state index in [1.165, 1.54) is 4.90 Å². The van der Waals surface area contributed by atoms with Gasteiger partial charge in [0.25, 0.3) is 0 Å². The van der Waals surface area contributed by atoms with Gasteiger partial charge >= 0.3 is 0 Å². The van der Waals surface area contributed by atoms with Gasteiger partial charge in [-0.25, -0.2) is 4.90 Å². The number of imide groups is 1. The molecule has 0 radical (unpaired) electrons. The normalized spacial score (nSPS) is 32.0. The van der Waals surface area contributed by atoms with Gasteiger partial charge in [-0.3, -0.25) is 19.3 Å². The molecule has 4 aliphatic rings. The number of fused-ring (bicyclic) bond motifs is 7. The number of rotatable bonds is 1. The molecular formula is C24H23N3O3. The summed E-state index contributed by atoms with van der Waals surface area (Å²) in [6.07, 6.45) is 1.76. The Kier molecular flexibility index (Phi) is 3.44. The maximum absolute atomic E-state index is 13.8. The molecule has 1 spiro atoms. The average Bonchev–Trinajstić information content (AvgIpc) is 3.42. The fourth-order valence-corrected chi connectivity index (χ4v) is 6.49. The quantitative estimate of drug-likeness (QED) is 0.746. The molecule has 3 fully saturated rings. The van der Waals surface area contributed by atoms with Crippen LogP contribution < -0.4 is 10.2 Å². The number of hydrogen-bond acceptors (Lipinski definition) is 4. The number of carbonyl (C=O) groups excluding carboxylic acids is 3. The second-order valence-electron chi connectivity index (χ2n) is 8.98. The molecule has 0 bridgehead atoms. The van der Waals surface area contributed by atoms with Crippen molar-refractivity contribution in [3.63, 3.8) is 0 Å². The number of aryl methyl sites for hydroxylation is 2. The molecule has 4 heterocycles. The summed E-state index contributed by atoms with van der Waals surface area (Å²) >= 11 is 0. The van der Waals surface area contributed by atoms with Gasteiger partial charge in [0.1, 0.15) is 5.54 Å². The van der Waals surface area contributed by atoms with Gasteiger partial charge in [0.15, 0.2) is 0 Å². The number of nitrogens with one attached hydrogen (secondary N) is 1. The first-order valence-electron chi connectivity index (χ1n) is 10.6. The molecule has 0 aliphatic carbocycles. The standard InChI is InChI=1S/C24H23N3O3/c1-13-11-14(2)20-16(12-13)24(23(30)25-20)19-18(17-9-6-10-26(17)24)21(28)27(22(19)29)15-7-4-3-5-8-15/h3-5,7-8,11-12,17-19H,6,9-10H2,1-2H3,(H,25,30)/t17-,18+,19-,24-/m0/s1. The summed E-state index contributed by atoms with van der Waals surface area (Å²) in [5.74, 6) is -1.78. The first-order chi connectivity index (χ1) is 14.5. The second kappa shape index (κ2) is 5.79. The van der Waals surface area contributed by atoms with Crippen LogP contribution in [0.15, 0.2) is 42.5 Å². The number of carbonyl (C=O) groups is 3. The SMILES string of the molecule is Cc1cc(C)c2c(c1)[C@@]1(C(=O)N2)[C@@H]2C(=O)N(c3ccccc3)C(=O)[C@@H]2[C@@H]2CCCN21. The summed E-state index contributed by atoms with van der Waals surface area (Å²) in [6.45, 7) is 4.72. The molecule has 4 aliphatic heterocycles. The van der Waals surface area contributed by atoms with Gasteiger partial charge in [0.2, 0.25) is 17.7 Å². The van der Waals surface area contributed by atoms with Crippen molar-refractivity contribution in [1.82, 2.24) is 4.90 Å². The van der Waals surface area contributed by atoms with Crippen LogP contribution in [-0.2, 0) is 19.9 Å². The third-order valence-electron chi connectivity index (χ3n) is 7.46. The third-order valence-corrected chi connectivity index (χ3v) is 7.46. The molecule has 2 aromatic carbocycles. The Hall–Kier alpha value is -2.99. The molecular weight excluding hydrogens is 378 g/mol. The molecule has 152 valence electrons. The summed E-state index contributed by atoms with van der Waals surface area (Å²) in [7, 11) is 0. The van der Waals surface area contributed by atoms with Crippen LogP contribution in [0, 0.1) is 25.7 Å². The largest absolute Gasteiger partial charge is 0.324 e. The number of nitrogens with zero attached hydrogens (tertiary/aromatic N) is 2. The smallest absolute Gasteiger partial charge is 0.250 e. The van der Waals surface area contributed by atoms with Crippen molar-refractivity contribution in [2.45, 2.75) is 38.3 Å². The van der Waals surface area contributed by atoms with Gasteiger partial charge in [-0.05, 0) is 50.9 Å². The summed E-state index contributed by atoms with van der Waals surface area (Å²) in [4.78, 5) is 44.5. The Labute approximate surface area is 174 Å². The Morgan fingerprint density at radius 2 is 1.80 bits per heavy atom. The minimum Gasteiger partial charge on any atom is -0.324 e. The molecule has 2 aromatic rings. The highest BCUT2D eigenvalue weighted by Gasteiger charge is 2.74. The zero-order chi connectivity index (χ0) is 20.8. The zero-order valence-corrected chi connectivity index (χ0v) is 17.0. The molecule has 4 atom stereocenters. The lowest BCUT2D eigenvalue weighted by molar-refractivity contribution is -0.135. The van der Waals surface area contributed by atoms with E-state index in [1.807, 2.05) is 44.2 Å². The third kappa shape index (κ3) is 1.90. The van der Waals surface area contributed by atoms with Crippen LogP contribution in [0.3, 0.4) is 0 Å². The lowest BCUT2D eigenvalue weighted by Gasteiger charge is -2.36. The zero-order valence-electron chi connectivity index (χ0n) is 17.0. The van der Waals surface area contributed by atoms with E-state index >= 15 is 0 Å². The van der Waals surface area contributed by atoms with Crippen molar-refractivity contribution >= 4 is 29.1 Å². The van der Waals surface area contributed by atoms with Gasteiger partial charge in [-0.2, -0.15) is 0 Å². The van der Waals surface area contributed by atoms with Crippen molar-refractivity contribution in [2.24, 2.45) is 11.8 Å². The number of amides is 3. The minimum absolute atomic E-state index is 0.0855. The highest BCUT2D eigenvalue weighted by atomic mass is 16.2. The van der Waals surface area contributed by atoms with E-state index in [1.54, 1.807) is 12.1 Å². The van der Waals surface area contributed by atoms with Crippen LogP contribution in [0.1, 0.15) is 29.5 Å². The molecule has 1 N–H and O–H groups in total. The molecule has 3 saturated heterocycles. The van der Waals surface area contributed by atoms with Gasteiger partial charge < -0.3 is 5.32 Å². The fraction of sp³-hybridized carbons (Fsp3) is 0.375. The van der Waals surface area contributed by atoms with Crippen LogP contribution in [0.4, 0.5) is 11.4 Å². The van der Waals surface area contributed by atoms with Crippen molar-refractivity contribution in [2.75, 3.05) is 16.8 Å². The molecule has 6 rings (SSSR count). The van der Waals surface area contributed by atoms with E-state index in [2.05, 4.69) is 10.2 Å². The molecule has 0 unspecified atom stereocenters. The van der Waals surface area contributed by atoms with Crippen molar-refractivity contribution in [3.8, 4) is 0 Å².